The third-order valence-corrected chi connectivity index (χ3v) is 3.18. The Labute approximate surface area is 116 Å². The largest absolute Gasteiger partial charge is 0.416 e. The SMILES string of the molecule is N#Cc1cc(N=Nc2ccc(C(F)(F)F)cc2)sc1N. The summed E-state index contributed by atoms with van der Waals surface area (Å²) in [6.07, 6.45) is -4.38. The summed E-state index contributed by atoms with van der Waals surface area (Å²) in [5.74, 6) is 0. The number of nitrogens with two attached hydrogens (primary N) is 1. The summed E-state index contributed by atoms with van der Waals surface area (Å²) >= 11 is 1.08. The first kappa shape index (κ1) is 14.0. The van der Waals surface area contributed by atoms with Crippen molar-refractivity contribution in [1.82, 2.24) is 0 Å². The summed E-state index contributed by atoms with van der Waals surface area (Å²) in [5.41, 5.74) is 5.39. The van der Waals surface area contributed by atoms with Gasteiger partial charge in [0.1, 0.15) is 16.1 Å². The van der Waals surface area contributed by atoms with Crippen LogP contribution in [-0.2, 0) is 6.18 Å². The number of nitrogens with zero attached hydrogens (tertiary/aromatic N) is 3. The maximum atomic E-state index is 12.4. The summed E-state index contributed by atoms with van der Waals surface area (Å²) in [6, 6.07) is 7.65. The predicted molar refractivity (Wildman–Crippen MR) is 69.1 cm³/mol. The van der Waals surface area contributed by atoms with Crippen LogP contribution in [0.4, 0.5) is 28.9 Å². The van der Waals surface area contributed by atoms with Gasteiger partial charge in [0.2, 0.25) is 0 Å². The molecule has 4 nitrogen and oxygen atoms in total. The molecule has 0 saturated heterocycles. The molecule has 1 aromatic carbocycles. The van der Waals surface area contributed by atoms with Gasteiger partial charge in [0.05, 0.1) is 16.8 Å². The second-order valence-corrected chi connectivity index (χ2v) is 4.78. The maximum absolute atomic E-state index is 12.4. The van der Waals surface area contributed by atoms with Gasteiger partial charge < -0.3 is 5.73 Å². The highest BCUT2D eigenvalue weighted by Crippen LogP contribution is 2.33. The molecule has 0 atom stereocenters. The third kappa shape index (κ3) is 3.13. The van der Waals surface area contributed by atoms with Crippen molar-refractivity contribution in [3.8, 4) is 6.07 Å². The van der Waals surface area contributed by atoms with Crippen LogP contribution in [0.1, 0.15) is 11.1 Å². The molecule has 0 aliphatic carbocycles. The molecule has 1 heterocycles. The standard InChI is InChI=1S/C12H7F3N4S/c13-12(14,15)8-1-3-9(4-2-8)18-19-10-5-7(6-16)11(17)20-10/h1-5H,17H2. The van der Waals surface area contributed by atoms with Crippen LogP contribution < -0.4 is 5.73 Å². The number of anilines is 1. The fourth-order valence-electron chi connectivity index (χ4n) is 1.35. The zero-order valence-corrected chi connectivity index (χ0v) is 10.7. The molecule has 102 valence electrons. The Balaban J connectivity index is 2.17. The van der Waals surface area contributed by atoms with Crippen molar-refractivity contribution < 1.29 is 13.2 Å². The number of halogens is 3. The van der Waals surface area contributed by atoms with Crippen molar-refractivity contribution in [3.63, 3.8) is 0 Å². The van der Waals surface area contributed by atoms with E-state index in [2.05, 4.69) is 10.2 Å². The lowest BCUT2D eigenvalue weighted by Crippen LogP contribution is -2.03. The van der Waals surface area contributed by atoms with E-state index in [4.69, 9.17) is 11.0 Å². The van der Waals surface area contributed by atoms with Crippen LogP contribution in [0.25, 0.3) is 0 Å². The lowest BCUT2D eigenvalue weighted by atomic mass is 10.2. The van der Waals surface area contributed by atoms with Gasteiger partial charge in [0.15, 0.2) is 0 Å². The van der Waals surface area contributed by atoms with E-state index in [0.717, 1.165) is 23.5 Å². The Bertz CT molecular complexity index is 680. The van der Waals surface area contributed by atoms with E-state index < -0.39 is 11.7 Å². The lowest BCUT2D eigenvalue weighted by Gasteiger charge is -2.05. The fraction of sp³-hybridized carbons (Fsp3) is 0.0833. The Kier molecular flexibility index (Phi) is 3.72. The molecule has 0 radical (unpaired) electrons. The summed E-state index contributed by atoms with van der Waals surface area (Å²) in [4.78, 5) is 0. The summed E-state index contributed by atoms with van der Waals surface area (Å²) in [5, 5.41) is 17.1. The maximum Gasteiger partial charge on any atom is 0.416 e. The molecule has 0 bridgehead atoms. The predicted octanol–water partition coefficient (Wildman–Crippen LogP) is 4.64. The van der Waals surface area contributed by atoms with Gasteiger partial charge in [-0.05, 0) is 30.3 Å². The Morgan fingerprint density at radius 1 is 1.15 bits per heavy atom. The van der Waals surface area contributed by atoms with Crippen LogP contribution in [0.15, 0.2) is 40.6 Å². The number of nitriles is 1. The molecule has 8 heteroatoms. The van der Waals surface area contributed by atoms with Crippen LogP contribution in [0, 0.1) is 11.3 Å². The van der Waals surface area contributed by atoms with E-state index >= 15 is 0 Å². The minimum absolute atomic E-state index is 0.281. The highest BCUT2D eigenvalue weighted by molar-refractivity contribution is 7.19. The van der Waals surface area contributed by atoms with E-state index in [1.165, 1.54) is 18.2 Å². The van der Waals surface area contributed by atoms with Gasteiger partial charge in [-0.25, -0.2) is 0 Å². The van der Waals surface area contributed by atoms with Crippen molar-refractivity contribution in [1.29, 1.82) is 5.26 Å². The first-order valence-corrected chi connectivity index (χ1v) is 6.10. The van der Waals surface area contributed by atoms with Gasteiger partial charge in [0, 0.05) is 0 Å². The molecule has 2 aromatic rings. The lowest BCUT2D eigenvalue weighted by molar-refractivity contribution is -0.137. The highest BCUT2D eigenvalue weighted by atomic mass is 32.1. The molecular weight excluding hydrogens is 289 g/mol. The van der Waals surface area contributed by atoms with Gasteiger partial charge in [0.25, 0.3) is 0 Å². The molecule has 20 heavy (non-hydrogen) atoms. The second kappa shape index (κ2) is 5.30. The van der Waals surface area contributed by atoms with E-state index in [1.54, 1.807) is 0 Å². The Morgan fingerprint density at radius 2 is 1.80 bits per heavy atom. The topological polar surface area (TPSA) is 74.5 Å². The number of rotatable bonds is 2. The van der Waals surface area contributed by atoms with Gasteiger partial charge in [-0.2, -0.15) is 18.4 Å². The number of hydrogen-bond acceptors (Lipinski definition) is 5. The first-order valence-electron chi connectivity index (χ1n) is 5.28. The molecule has 0 unspecified atom stereocenters. The van der Waals surface area contributed by atoms with Crippen molar-refractivity contribution in [3.05, 3.63) is 41.5 Å². The Hall–Kier alpha value is -2.40. The number of alkyl halides is 3. The molecule has 2 N–H and O–H groups in total. The zero-order valence-electron chi connectivity index (χ0n) is 9.85. The summed E-state index contributed by atoms with van der Waals surface area (Å²) in [7, 11) is 0. The Morgan fingerprint density at radius 3 is 2.30 bits per heavy atom. The molecular formula is C12H7F3N4S. The summed E-state index contributed by atoms with van der Waals surface area (Å²) in [6.45, 7) is 0. The molecule has 0 aliphatic heterocycles. The van der Waals surface area contributed by atoms with E-state index in [-0.39, 0.29) is 5.69 Å². The van der Waals surface area contributed by atoms with Crippen molar-refractivity contribution in [2.24, 2.45) is 10.2 Å². The molecule has 0 saturated carbocycles. The minimum atomic E-state index is -4.38. The molecule has 0 spiro atoms. The van der Waals surface area contributed by atoms with E-state index in [1.807, 2.05) is 6.07 Å². The average molecular weight is 296 g/mol. The normalized spacial score (nSPS) is 11.7. The molecule has 0 fully saturated rings. The second-order valence-electron chi connectivity index (χ2n) is 3.72. The third-order valence-electron chi connectivity index (χ3n) is 2.33. The molecule has 0 amide bonds. The number of benzene rings is 1. The molecule has 0 aliphatic rings. The van der Waals surface area contributed by atoms with Crippen LogP contribution in [-0.4, -0.2) is 0 Å². The smallest absolute Gasteiger partial charge is 0.389 e. The number of azo groups is 1. The van der Waals surface area contributed by atoms with E-state index in [9.17, 15) is 13.2 Å². The van der Waals surface area contributed by atoms with Gasteiger partial charge in [-0.1, -0.05) is 11.3 Å². The molecule has 1 aromatic heterocycles. The van der Waals surface area contributed by atoms with Crippen molar-refractivity contribution >= 4 is 27.0 Å². The van der Waals surface area contributed by atoms with Crippen LogP contribution >= 0.6 is 11.3 Å². The monoisotopic (exact) mass is 296 g/mol. The summed E-state index contributed by atoms with van der Waals surface area (Å²) < 4.78 is 37.1. The molecule has 2 rings (SSSR count). The van der Waals surface area contributed by atoms with Crippen LogP contribution in [0.5, 0.6) is 0 Å². The van der Waals surface area contributed by atoms with Gasteiger partial charge >= 0.3 is 6.18 Å². The van der Waals surface area contributed by atoms with Crippen LogP contribution in [0.3, 0.4) is 0 Å². The van der Waals surface area contributed by atoms with Crippen molar-refractivity contribution in [2.75, 3.05) is 5.73 Å². The first-order chi connectivity index (χ1) is 9.40. The van der Waals surface area contributed by atoms with Gasteiger partial charge in [-0.3, -0.25) is 0 Å². The van der Waals surface area contributed by atoms with Crippen LogP contribution in [0.2, 0.25) is 0 Å². The van der Waals surface area contributed by atoms with Gasteiger partial charge in [-0.15, -0.1) is 10.2 Å². The number of nitrogen functional groups attached to an aromatic ring is 1. The zero-order chi connectivity index (χ0) is 14.8. The van der Waals surface area contributed by atoms with Crippen molar-refractivity contribution in [2.45, 2.75) is 6.18 Å². The highest BCUT2D eigenvalue weighted by Gasteiger charge is 2.29. The quantitative estimate of drug-likeness (QED) is 0.820. The number of hydrogen-bond donors (Lipinski definition) is 1. The average Bonchev–Trinajstić information content (AvgIpc) is 2.76. The van der Waals surface area contributed by atoms with E-state index in [0.29, 0.717) is 15.6 Å². The number of thiophene rings is 1. The fourth-order valence-corrected chi connectivity index (χ4v) is 2.05. The minimum Gasteiger partial charge on any atom is -0.389 e.